The van der Waals surface area contributed by atoms with Gasteiger partial charge in [-0.15, -0.1) is 0 Å². The Morgan fingerprint density at radius 2 is 2.05 bits per heavy atom. The highest BCUT2D eigenvalue weighted by molar-refractivity contribution is 8.13. The summed E-state index contributed by atoms with van der Waals surface area (Å²) >= 11 is 6.23. The molecule has 1 aromatic rings. The molecule has 0 amide bonds. The summed E-state index contributed by atoms with van der Waals surface area (Å²) in [6.45, 7) is 1.27. The van der Waals surface area contributed by atoms with E-state index in [1.807, 2.05) is 0 Å². The van der Waals surface area contributed by atoms with Crippen molar-refractivity contribution in [1.29, 1.82) is 0 Å². The molecular formula is C11H11ClF3NO3S. The van der Waals surface area contributed by atoms with Crippen LogP contribution in [0.4, 0.5) is 13.2 Å². The van der Waals surface area contributed by atoms with E-state index in [4.69, 9.17) is 11.6 Å². The molecule has 2 unspecified atom stereocenters. The van der Waals surface area contributed by atoms with Crippen LogP contribution in [0.2, 0.25) is 5.15 Å². The van der Waals surface area contributed by atoms with E-state index in [-0.39, 0.29) is 16.4 Å². The number of aromatic nitrogens is 1. The average Bonchev–Trinajstić information content (AvgIpc) is 2.33. The first-order valence-electron chi connectivity index (χ1n) is 5.35. The number of nitrogens with zero attached hydrogens (tertiary/aromatic N) is 1. The van der Waals surface area contributed by atoms with Crippen LogP contribution in [0.25, 0.3) is 0 Å². The molecule has 0 radical (unpaired) electrons. The Morgan fingerprint density at radius 3 is 2.55 bits per heavy atom. The third kappa shape index (κ3) is 4.93. The van der Waals surface area contributed by atoms with Gasteiger partial charge >= 0.3 is 6.18 Å². The van der Waals surface area contributed by atoms with Crippen molar-refractivity contribution in [2.45, 2.75) is 25.3 Å². The molecule has 0 aliphatic heterocycles. The Labute approximate surface area is 122 Å². The van der Waals surface area contributed by atoms with E-state index in [1.54, 1.807) is 0 Å². The molecule has 20 heavy (non-hydrogen) atoms. The van der Waals surface area contributed by atoms with E-state index in [0.717, 1.165) is 17.8 Å². The summed E-state index contributed by atoms with van der Waals surface area (Å²) in [6, 6.07) is 1.64. The van der Waals surface area contributed by atoms with Gasteiger partial charge in [0.1, 0.15) is 17.0 Å². The van der Waals surface area contributed by atoms with Gasteiger partial charge in [0.15, 0.2) is 5.12 Å². The summed E-state index contributed by atoms with van der Waals surface area (Å²) in [5.41, 5.74) is -1.47. The predicted octanol–water partition coefficient (Wildman–Crippen LogP) is 2.43. The van der Waals surface area contributed by atoms with E-state index in [1.165, 1.54) is 6.92 Å². The molecule has 0 saturated heterocycles. The molecule has 9 heteroatoms. The highest BCUT2D eigenvalue weighted by Gasteiger charge is 2.34. The van der Waals surface area contributed by atoms with Crippen LogP contribution >= 0.6 is 23.4 Å². The molecule has 0 aliphatic rings. The minimum absolute atomic E-state index is 0.141. The zero-order valence-corrected chi connectivity index (χ0v) is 11.8. The first-order chi connectivity index (χ1) is 9.11. The number of hydrogen-bond donors (Lipinski definition) is 2. The van der Waals surface area contributed by atoms with Crippen molar-refractivity contribution < 1.29 is 28.2 Å². The highest BCUT2D eigenvalue weighted by atomic mass is 35.5. The second-order valence-corrected chi connectivity index (χ2v) is 5.51. The van der Waals surface area contributed by atoms with Gasteiger partial charge < -0.3 is 10.2 Å². The minimum Gasteiger partial charge on any atom is -0.389 e. The van der Waals surface area contributed by atoms with Gasteiger partial charge in [-0.25, -0.2) is 4.98 Å². The average molecular weight is 330 g/mol. The largest absolute Gasteiger partial charge is 0.433 e. The number of pyridine rings is 1. The van der Waals surface area contributed by atoms with E-state index >= 15 is 0 Å². The molecular weight excluding hydrogens is 319 g/mol. The normalized spacial score (nSPS) is 14.9. The number of carbonyl (C=O) groups excluding carboxylic acids is 1. The number of aliphatic hydroxyl groups is 2. The van der Waals surface area contributed by atoms with Gasteiger partial charge in [0.2, 0.25) is 0 Å². The van der Waals surface area contributed by atoms with Crippen molar-refractivity contribution in [3.05, 3.63) is 28.5 Å². The van der Waals surface area contributed by atoms with Gasteiger partial charge in [-0.05, 0) is 17.7 Å². The summed E-state index contributed by atoms with van der Waals surface area (Å²) in [7, 11) is 0. The third-order valence-electron chi connectivity index (χ3n) is 2.27. The predicted molar refractivity (Wildman–Crippen MR) is 68.4 cm³/mol. The molecule has 1 rings (SSSR count). The molecule has 0 spiro atoms. The first kappa shape index (κ1) is 17.2. The molecule has 112 valence electrons. The SMILES string of the molecule is CC(=O)SCC(O)C(O)c1cc(Cl)nc(C(F)(F)F)c1. The minimum atomic E-state index is -4.71. The number of halogens is 4. The molecule has 1 heterocycles. The van der Waals surface area contributed by atoms with Crippen molar-refractivity contribution in [2.24, 2.45) is 0 Å². The van der Waals surface area contributed by atoms with Gasteiger partial charge in [-0.3, -0.25) is 4.79 Å². The molecule has 2 N–H and O–H groups in total. The zero-order chi connectivity index (χ0) is 15.5. The fourth-order valence-electron chi connectivity index (χ4n) is 1.35. The van der Waals surface area contributed by atoms with Gasteiger partial charge in [0.25, 0.3) is 0 Å². The van der Waals surface area contributed by atoms with Gasteiger partial charge in [0, 0.05) is 12.7 Å². The second kappa shape index (κ2) is 6.75. The van der Waals surface area contributed by atoms with Crippen molar-refractivity contribution >= 4 is 28.5 Å². The molecule has 4 nitrogen and oxygen atoms in total. The third-order valence-corrected chi connectivity index (χ3v) is 3.38. The first-order valence-corrected chi connectivity index (χ1v) is 6.71. The summed E-state index contributed by atoms with van der Waals surface area (Å²) in [5.74, 6) is -0.141. The van der Waals surface area contributed by atoms with E-state index in [0.29, 0.717) is 6.07 Å². The fraction of sp³-hybridized carbons (Fsp3) is 0.455. The number of aliphatic hydroxyl groups excluding tert-OH is 2. The topological polar surface area (TPSA) is 70.4 Å². The van der Waals surface area contributed by atoms with Crippen LogP contribution in [0, 0.1) is 0 Å². The number of hydrogen-bond acceptors (Lipinski definition) is 5. The molecule has 0 aliphatic carbocycles. The summed E-state index contributed by atoms with van der Waals surface area (Å²) < 4.78 is 37.7. The van der Waals surface area contributed by atoms with Crippen LogP contribution in [0.3, 0.4) is 0 Å². The zero-order valence-electron chi connectivity index (χ0n) is 10.2. The van der Waals surface area contributed by atoms with Gasteiger partial charge in [-0.2, -0.15) is 13.2 Å². The van der Waals surface area contributed by atoms with E-state index in [9.17, 15) is 28.2 Å². The number of carbonyl (C=O) groups is 1. The van der Waals surface area contributed by atoms with Crippen LogP contribution in [0.15, 0.2) is 12.1 Å². The number of thioether (sulfide) groups is 1. The maximum Gasteiger partial charge on any atom is 0.433 e. The molecule has 0 aromatic carbocycles. The molecule has 0 bridgehead atoms. The number of rotatable bonds is 4. The Balaban J connectivity index is 2.95. The fourth-order valence-corrected chi connectivity index (χ4v) is 2.15. The van der Waals surface area contributed by atoms with Crippen LogP contribution in [-0.4, -0.2) is 32.2 Å². The van der Waals surface area contributed by atoms with Crippen LogP contribution in [-0.2, 0) is 11.0 Å². The Kier molecular flexibility index (Phi) is 5.81. The van der Waals surface area contributed by atoms with Crippen molar-refractivity contribution in [2.75, 3.05) is 5.75 Å². The maximum atomic E-state index is 12.6. The molecule has 0 fully saturated rings. The summed E-state index contributed by atoms with van der Waals surface area (Å²) in [4.78, 5) is 13.8. The lowest BCUT2D eigenvalue weighted by molar-refractivity contribution is -0.141. The highest BCUT2D eigenvalue weighted by Crippen LogP contribution is 2.31. The molecule has 0 saturated carbocycles. The second-order valence-electron chi connectivity index (χ2n) is 3.92. The van der Waals surface area contributed by atoms with Gasteiger partial charge in [0.05, 0.1) is 6.10 Å². The lowest BCUT2D eigenvalue weighted by Gasteiger charge is -2.18. The Bertz CT molecular complexity index is 498. The smallest absolute Gasteiger partial charge is 0.389 e. The van der Waals surface area contributed by atoms with Crippen molar-refractivity contribution in [1.82, 2.24) is 4.98 Å². The van der Waals surface area contributed by atoms with Crippen LogP contribution in [0.5, 0.6) is 0 Å². The standard InChI is InChI=1S/C11H11ClF3NO3S/c1-5(17)20-4-7(18)10(19)6-2-8(11(13,14)15)16-9(12)3-6/h2-3,7,10,18-19H,4H2,1H3. The molecule has 1 aromatic heterocycles. The lowest BCUT2D eigenvalue weighted by Crippen LogP contribution is -2.22. The van der Waals surface area contributed by atoms with E-state index in [2.05, 4.69) is 4.98 Å². The maximum absolute atomic E-state index is 12.6. The Morgan fingerprint density at radius 1 is 1.45 bits per heavy atom. The summed E-state index contributed by atoms with van der Waals surface area (Å²) in [5, 5.41) is 18.7. The monoisotopic (exact) mass is 329 g/mol. The number of alkyl halides is 3. The van der Waals surface area contributed by atoms with Crippen molar-refractivity contribution in [3.8, 4) is 0 Å². The molecule has 2 atom stereocenters. The van der Waals surface area contributed by atoms with Crippen molar-refractivity contribution in [3.63, 3.8) is 0 Å². The summed E-state index contributed by atoms with van der Waals surface area (Å²) in [6.07, 6.45) is -7.70. The van der Waals surface area contributed by atoms with Crippen LogP contribution in [0.1, 0.15) is 24.3 Å². The quantitative estimate of drug-likeness (QED) is 0.830. The van der Waals surface area contributed by atoms with Crippen LogP contribution < -0.4 is 0 Å². The van der Waals surface area contributed by atoms with E-state index < -0.39 is 29.2 Å². The lowest BCUT2D eigenvalue weighted by atomic mass is 10.1. The Hall–Kier alpha value is -0.830. The van der Waals surface area contributed by atoms with Gasteiger partial charge in [-0.1, -0.05) is 23.4 Å².